The van der Waals surface area contributed by atoms with Crippen molar-refractivity contribution in [1.29, 1.82) is 0 Å². The average Bonchev–Trinajstić information content (AvgIpc) is 3.00. The summed E-state index contributed by atoms with van der Waals surface area (Å²) < 4.78 is 34.4. The molecule has 14 heteroatoms. The number of rotatable bonds is 10. The molecule has 12 nitrogen and oxygen atoms in total. The third-order valence-corrected chi connectivity index (χ3v) is 7.00. The second kappa shape index (κ2) is 14.9. The van der Waals surface area contributed by atoms with Crippen LogP contribution in [0.4, 0.5) is 42.8 Å². The minimum absolute atomic E-state index is 0.0779. The molecule has 1 atom stereocenters. The van der Waals surface area contributed by atoms with E-state index in [9.17, 15) is 23.3 Å². The first-order chi connectivity index (χ1) is 21.1. The van der Waals surface area contributed by atoms with Crippen molar-refractivity contribution in [3.8, 4) is 11.1 Å². The van der Waals surface area contributed by atoms with E-state index in [2.05, 4.69) is 35.6 Å². The number of aliphatic hydroxyl groups is 1. The van der Waals surface area contributed by atoms with Gasteiger partial charge in [-0.1, -0.05) is 35.2 Å². The van der Waals surface area contributed by atoms with Crippen LogP contribution >= 0.6 is 0 Å². The number of amides is 3. The van der Waals surface area contributed by atoms with Gasteiger partial charge in [-0.2, -0.15) is 4.98 Å². The van der Waals surface area contributed by atoms with Crippen LogP contribution in [0, 0.1) is 12.7 Å². The van der Waals surface area contributed by atoms with Gasteiger partial charge < -0.3 is 35.3 Å². The molecule has 4 rings (SSSR count). The Morgan fingerprint density at radius 1 is 1.05 bits per heavy atom. The number of carbonyl (C=O) groups is 2. The normalized spacial score (nSPS) is 12.2. The lowest BCUT2D eigenvalue weighted by Gasteiger charge is -2.17. The average molecular weight is 621 g/mol. The van der Waals surface area contributed by atoms with E-state index in [0.717, 1.165) is 11.1 Å². The number of aliphatic hydroxyl groups excluding tert-OH is 1. The number of urea groups is 1. The number of aryl methyl sites for hydroxylation is 1. The highest BCUT2D eigenvalue weighted by atomic mass is 32.2. The maximum Gasteiger partial charge on any atom is 0.410 e. The zero-order valence-corrected chi connectivity index (χ0v) is 24.9. The van der Waals surface area contributed by atoms with Crippen LogP contribution in [0.5, 0.6) is 0 Å². The van der Waals surface area contributed by atoms with Crippen molar-refractivity contribution in [1.82, 2.24) is 9.97 Å². The summed E-state index contributed by atoms with van der Waals surface area (Å²) in [5.74, 6) is 0.166. The van der Waals surface area contributed by atoms with E-state index < -0.39 is 28.5 Å². The lowest BCUT2D eigenvalue weighted by molar-refractivity contribution is 0.164. The number of ether oxygens (including phenoxy) is 1. The zero-order chi connectivity index (χ0) is 31.6. The number of hydrogen-bond acceptors (Lipinski definition) is 10. The molecule has 0 spiro atoms. The Balaban J connectivity index is 1.49. The minimum atomic E-state index is -1.91. The van der Waals surface area contributed by atoms with Crippen molar-refractivity contribution in [3.05, 3.63) is 84.3 Å². The second-order valence-electron chi connectivity index (χ2n) is 9.51. The maximum absolute atomic E-state index is 14.0. The molecule has 0 radical (unpaired) electrons. The molecular formula is C30H31FN7O5S-. The summed E-state index contributed by atoms with van der Waals surface area (Å²) in [6.45, 7) is 5.22. The Morgan fingerprint density at radius 3 is 2.43 bits per heavy atom. The van der Waals surface area contributed by atoms with Gasteiger partial charge in [-0.05, 0) is 68.3 Å². The smallest absolute Gasteiger partial charge is 0.410 e. The molecule has 230 valence electrons. The van der Waals surface area contributed by atoms with E-state index in [4.69, 9.17) is 4.74 Å². The molecule has 0 saturated heterocycles. The SMILES string of the molecule is CCOC(=O)N=[S-](=O)c1ccc(Nc2ncc(-c3ccc(NC(=O)Nc4cc(C)ccc4F)cc3)c(NC(C)CO)n2)cc1. The summed E-state index contributed by atoms with van der Waals surface area (Å²) in [4.78, 5) is 33.2. The van der Waals surface area contributed by atoms with Gasteiger partial charge in [0.2, 0.25) is 5.95 Å². The highest BCUT2D eigenvalue weighted by molar-refractivity contribution is 7.75. The summed E-state index contributed by atoms with van der Waals surface area (Å²) >= 11 is 0. The molecule has 0 fully saturated rings. The minimum Gasteiger partial charge on any atom is -0.450 e. The number of aromatic nitrogens is 2. The van der Waals surface area contributed by atoms with Crippen LogP contribution in [0.15, 0.2) is 82.2 Å². The number of benzene rings is 3. The zero-order valence-electron chi connectivity index (χ0n) is 24.1. The number of hydrogen-bond donors (Lipinski definition) is 5. The largest absolute Gasteiger partial charge is 0.450 e. The fraction of sp³-hybridized carbons (Fsp3) is 0.200. The third-order valence-electron chi connectivity index (χ3n) is 6.01. The summed E-state index contributed by atoms with van der Waals surface area (Å²) in [6, 6.07) is 16.8. The van der Waals surface area contributed by atoms with Gasteiger partial charge in [-0.15, -0.1) is 10.6 Å². The van der Waals surface area contributed by atoms with E-state index in [-0.39, 0.29) is 30.9 Å². The monoisotopic (exact) mass is 620 g/mol. The first-order valence-electron chi connectivity index (χ1n) is 13.5. The number of nitrogens with zero attached hydrogens (tertiary/aromatic N) is 3. The van der Waals surface area contributed by atoms with E-state index in [1.54, 1.807) is 87.6 Å². The molecular weight excluding hydrogens is 589 g/mol. The van der Waals surface area contributed by atoms with Crippen LogP contribution in [-0.4, -0.2) is 46.5 Å². The lowest BCUT2D eigenvalue weighted by atomic mass is 10.1. The van der Waals surface area contributed by atoms with Crippen LogP contribution in [0.25, 0.3) is 11.1 Å². The number of halogens is 1. The molecule has 4 aromatic rings. The summed E-state index contributed by atoms with van der Waals surface area (Å²) in [5.41, 5.74) is 3.33. The van der Waals surface area contributed by atoms with Crippen molar-refractivity contribution < 1.29 is 28.0 Å². The fourth-order valence-electron chi connectivity index (χ4n) is 3.85. The number of carbonyl (C=O) groups excluding carboxylic acids is 2. The van der Waals surface area contributed by atoms with E-state index in [1.807, 2.05) is 0 Å². The van der Waals surface area contributed by atoms with Crippen LogP contribution in [0.2, 0.25) is 0 Å². The summed E-state index contributed by atoms with van der Waals surface area (Å²) in [7, 11) is -1.91. The van der Waals surface area contributed by atoms with Crippen molar-refractivity contribution >= 4 is 51.5 Å². The maximum atomic E-state index is 14.0. The molecule has 0 aliphatic heterocycles. The molecule has 1 aromatic heterocycles. The molecule has 1 heterocycles. The van der Waals surface area contributed by atoms with Crippen LogP contribution in [-0.2, 0) is 19.5 Å². The van der Waals surface area contributed by atoms with Crippen molar-refractivity contribution in [2.45, 2.75) is 31.7 Å². The Kier molecular flexibility index (Phi) is 10.8. The Labute approximate surface area is 255 Å². The van der Waals surface area contributed by atoms with E-state index in [0.29, 0.717) is 27.7 Å². The molecule has 0 aliphatic carbocycles. The Hall–Kier alpha value is -5.08. The predicted molar refractivity (Wildman–Crippen MR) is 167 cm³/mol. The van der Waals surface area contributed by atoms with Crippen LogP contribution < -0.4 is 21.3 Å². The summed E-state index contributed by atoms with van der Waals surface area (Å²) in [5, 5.41) is 21.0. The van der Waals surface area contributed by atoms with E-state index in [1.165, 1.54) is 6.07 Å². The first kappa shape index (κ1) is 31.8. The van der Waals surface area contributed by atoms with Gasteiger partial charge >= 0.3 is 12.1 Å². The van der Waals surface area contributed by atoms with Crippen LogP contribution in [0.1, 0.15) is 19.4 Å². The topological polar surface area (TPSA) is 167 Å². The molecule has 0 saturated carbocycles. The highest BCUT2D eigenvalue weighted by Gasteiger charge is 2.13. The van der Waals surface area contributed by atoms with E-state index >= 15 is 0 Å². The molecule has 0 aliphatic rings. The fourth-order valence-corrected chi connectivity index (χ4v) is 4.51. The highest BCUT2D eigenvalue weighted by Crippen LogP contribution is 2.29. The quantitative estimate of drug-likeness (QED) is 0.125. The second-order valence-corrected chi connectivity index (χ2v) is 10.7. The standard InChI is InChI=1S/C30H31FN7O5S/c1-4-43-30(41)38-44(42)23-12-10-21(11-13-23)34-28-32-16-24(27(37-28)33-19(3)17-39)20-6-8-22(9-7-20)35-29(40)36-26-15-18(2)5-14-25(26)31/h5-16,19,39H,4,17H2,1-3H3,(H2,35,36,40)(H2,32,33,34,37)/q-1. The van der Waals surface area contributed by atoms with Crippen molar-refractivity contribution in [2.24, 2.45) is 4.36 Å². The molecule has 3 aromatic carbocycles. The van der Waals surface area contributed by atoms with Gasteiger partial charge in [0.1, 0.15) is 11.6 Å². The van der Waals surface area contributed by atoms with Gasteiger partial charge in [0.25, 0.3) is 0 Å². The Bertz CT molecular complexity index is 1710. The van der Waals surface area contributed by atoms with Gasteiger partial charge in [-0.3, -0.25) is 4.36 Å². The summed E-state index contributed by atoms with van der Waals surface area (Å²) in [6.07, 6.45) is 0.712. The van der Waals surface area contributed by atoms with Gasteiger partial charge in [0, 0.05) is 29.2 Å². The van der Waals surface area contributed by atoms with Gasteiger partial charge in [0.15, 0.2) is 0 Å². The van der Waals surface area contributed by atoms with Crippen molar-refractivity contribution in [3.63, 3.8) is 0 Å². The number of nitrogens with one attached hydrogen (secondary N) is 4. The van der Waals surface area contributed by atoms with Crippen molar-refractivity contribution in [2.75, 3.05) is 34.5 Å². The molecule has 1 unspecified atom stereocenters. The Morgan fingerprint density at radius 2 is 1.75 bits per heavy atom. The number of anilines is 5. The molecule has 3 amide bonds. The molecule has 5 N–H and O–H groups in total. The predicted octanol–water partition coefficient (Wildman–Crippen LogP) is 6.43. The van der Waals surface area contributed by atoms with Gasteiger partial charge in [-0.25, -0.2) is 19.0 Å². The van der Waals surface area contributed by atoms with Crippen LogP contribution in [0.3, 0.4) is 0 Å². The molecule has 0 bridgehead atoms. The van der Waals surface area contributed by atoms with Gasteiger partial charge in [0.05, 0.1) is 18.9 Å². The first-order valence-corrected chi connectivity index (χ1v) is 14.6. The molecule has 44 heavy (non-hydrogen) atoms. The lowest BCUT2D eigenvalue weighted by Crippen LogP contribution is -2.21. The third kappa shape index (κ3) is 8.72.